The van der Waals surface area contributed by atoms with Crippen molar-refractivity contribution in [1.29, 1.82) is 0 Å². The van der Waals surface area contributed by atoms with Crippen LogP contribution < -0.4 is 9.47 Å². The van der Waals surface area contributed by atoms with Gasteiger partial charge in [0, 0.05) is 23.3 Å². The highest BCUT2D eigenvalue weighted by atomic mass is 32.2. The van der Waals surface area contributed by atoms with E-state index in [1.807, 2.05) is 6.07 Å². The fourth-order valence-corrected chi connectivity index (χ4v) is 5.72. The van der Waals surface area contributed by atoms with Crippen LogP contribution in [0.25, 0.3) is 0 Å². The third-order valence-corrected chi connectivity index (χ3v) is 7.13. The van der Waals surface area contributed by atoms with Crippen LogP contribution in [-0.4, -0.2) is 23.5 Å². The molecular weight excluding hydrogens is 332 g/mol. The van der Waals surface area contributed by atoms with Gasteiger partial charge in [-0.25, -0.2) is 0 Å². The lowest BCUT2D eigenvalue weighted by molar-refractivity contribution is 0.0657. The van der Waals surface area contributed by atoms with Crippen molar-refractivity contribution in [2.24, 2.45) is 11.3 Å². The first-order valence-electron chi connectivity index (χ1n) is 9.94. The fraction of sp³-hybridized carbons (Fsp3) is 0.714. The largest absolute Gasteiger partial charge is 0.493 e. The van der Waals surface area contributed by atoms with Gasteiger partial charge in [-0.1, -0.05) is 31.7 Å². The van der Waals surface area contributed by atoms with Crippen LogP contribution in [0.15, 0.2) is 18.2 Å². The van der Waals surface area contributed by atoms with Gasteiger partial charge in [0.1, 0.15) is 11.5 Å². The molecule has 0 bridgehead atoms. The molecule has 2 atom stereocenters. The molecule has 1 spiro atoms. The van der Waals surface area contributed by atoms with Crippen molar-refractivity contribution in [3.8, 4) is 11.5 Å². The van der Waals surface area contributed by atoms with Crippen molar-refractivity contribution in [2.45, 2.75) is 63.7 Å². The number of ether oxygens (including phenoxy) is 2. The third kappa shape index (κ3) is 3.95. The summed E-state index contributed by atoms with van der Waals surface area (Å²) in [6.45, 7) is 1.51. The number of fused-ring (bicyclic) bond motifs is 1. The number of rotatable bonds is 5. The molecule has 4 heteroatoms. The quantitative estimate of drug-likeness (QED) is 0.663. The maximum Gasteiger partial charge on any atom is 0.126 e. The standard InChI is InChI=1S/C21H30O3S/c22-25-15-17-14-24-20-11-18(6-7-19(17)20)23-13-16-5-4-10-21(12-16)8-2-1-3-9-21/h6-7,11,16-17,22H,1-5,8-10,12-15H2. The smallest absolute Gasteiger partial charge is 0.126 e. The first-order chi connectivity index (χ1) is 12.3. The van der Waals surface area contributed by atoms with E-state index >= 15 is 0 Å². The highest BCUT2D eigenvalue weighted by Gasteiger charge is 2.37. The lowest BCUT2D eigenvalue weighted by Gasteiger charge is -2.43. The van der Waals surface area contributed by atoms with E-state index in [4.69, 9.17) is 14.0 Å². The molecule has 0 radical (unpaired) electrons. The molecule has 3 nitrogen and oxygen atoms in total. The maximum absolute atomic E-state index is 9.08. The molecule has 0 aromatic heterocycles. The number of hydrogen-bond donors (Lipinski definition) is 1. The molecule has 25 heavy (non-hydrogen) atoms. The number of hydrogen-bond acceptors (Lipinski definition) is 4. The van der Waals surface area contributed by atoms with Crippen LogP contribution >= 0.6 is 12.0 Å². The molecule has 4 rings (SSSR count). The first-order valence-corrected chi connectivity index (χ1v) is 10.9. The molecule has 0 amide bonds. The first kappa shape index (κ1) is 17.5. The Morgan fingerprint density at radius 3 is 2.84 bits per heavy atom. The van der Waals surface area contributed by atoms with Crippen molar-refractivity contribution in [2.75, 3.05) is 19.0 Å². The minimum atomic E-state index is 0.295. The van der Waals surface area contributed by atoms with Gasteiger partial charge >= 0.3 is 0 Å². The third-order valence-electron chi connectivity index (χ3n) is 6.58. The summed E-state index contributed by atoms with van der Waals surface area (Å²) >= 11 is 0.895. The van der Waals surface area contributed by atoms with Gasteiger partial charge in [-0.2, -0.15) is 0 Å². The van der Waals surface area contributed by atoms with Crippen LogP contribution in [-0.2, 0) is 0 Å². The summed E-state index contributed by atoms with van der Waals surface area (Å²) in [5.74, 6) is 3.56. The van der Waals surface area contributed by atoms with E-state index in [1.165, 1.54) is 63.4 Å². The summed E-state index contributed by atoms with van der Waals surface area (Å²) in [6.07, 6.45) is 12.7. The maximum atomic E-state index is 9.08. The normalized spacial score (nSPS) is 27.7. The van der Waals surface area contributed by atoms with Crippen LogP contribution in [0, 0.1) is 11.3 Å². The average molecular weight is 363 g/mol. The molecule has 2 unspecified atom stereocenters. The van der Waals surface area contributed by atoms with E-state index in [0.29, 0.717) is 29.6 Å². The molecule has 1 aromatic rings. The molecule has 2 fully saturated rings. The molecule has 138 valence electrons. The molecule has 0 saturated heterocycles. The highest BCUT2D eigenvalue weighted by Crippen LogP contribution is 2.49. The van der Waals surface area contributed by atoms with Crippen LogP contribution in [0.4, 0.5) is 0 Å². The predicted octanol–water partition coefficient (Wildman–Crippen LogP) is 5.89. The number of benzene rings is 1. The molecule has 1 aromatic carbocycles. The van der Waals surface area contributed by atoms with Gasteiger partial charge in [-0.15, -0.1) is 0 Å². The topological polar surface area (TPSA) is 38.7 Å². The highest BCUT2D eigenvalue weighted by molar-refractivity contribution is 7.93. The van der Waals surface area contributed by atoms with E-state index in [-0.39, 0.29) is 0 Å². The summed E-state index contributed by atoms with van der Waals surface area (Å²) in [5, 5.41) is 0. The SMILES string of the molecule is OSCC1COc2cc(OCC3CCCC4(CCCCC4)C3)ccc21. The van der Waals surface area contributed by atoms with Crippen molar-refractivity contribution >= 4 is 12.0 Å². The summed E-state index contributed by atoms with van der Waals surface area (Å²) in [4.78, 5) is 0. The van der Waals surface area contributed by atoms with Crippen molar-refractivity contribution in [3.05, 3.63) is 23.8 Å². The summed E-state index contributed by atoms with van der Waals surface area (Å²) in [7, 11) is 0. The zero-order chi connectivity index (χ0) is 17.1. The predicted molar refractivity (Wildman–Crippen MR) is 103 cm³/mol. The van der Waals surface area contributed by atoms with Gasteiger partial charge in [0.2, 0.25) is 0 Å². The van der Waals surface area contributed by atoms with Gasteiger partial charge in [0.05, 0.1) is 13.2 Å². The van der Waals surface area contributed by atoms with Crippen LogP contribution in [0.1, 0.15) is 69.3 Å². The minimum absolute atomic E-state index is 0.295. The van der Waals surface area contributed by atoms with Crippen LogP contribution in [0.2, 0.25) is 0 Å². The lowest BCUT2D eigenvalue weighted by Crippen LogP contribution is -2.33. The zero-order valence-electron chi connectivity index (χ0n) is 15.0. The van der Waals surface area contributed by atoms with Crippen molar-refractivity contribution in [1.82, 2.24) is 0 Å². The molecular formula is C21H30O3S. The average Bonchev–Trinajstić information content (AvgIpc) is 3.03. The van der Waals surface area contributed by atoms with Gasteiger partial charge in [0.15, 0.2) is 0 Å². The second-order valence-electron chi connectivity index (χ2n) is 8.34. The van der Waals surface area contributed by atoms with Crippen molar-refractivity contribution in [3.63, 3.8) is 0 Å². The molecule has 1 heterocycles. The van der Waals surface area contributed by atoms with E-state index in [2.05, 4.69) is 12.1 Å². The van der Waals surface area contributed by atoms with E-state index in [9.17, 15) is 0 Å². The van der Waals surface area contributed by atoms with Gasteiger partial charge < -0.3 is 14.0 Å². The summed E-state index contributed by atoms with van der Waals surface area (Å²) in [5.41, 5.74) is 1.84. The Kier molecular flexibility index (Phi) is 5.47. The Morgan fingerprint density at radius 2 is 2.00 bits per heavy atom. The van der Waals surface area contributed by atoms with Gasteiger partial charge in [-0.3, -0.25) is 0 Å². The van der Waals surface area contributed by atoms with E-state index < -0.39 is 0 Å². The Morgan fingerprint density at radius 1 is 1.16 bits per heavy atom. The van der Waals surface area contributed by atoms with Crippen LogP contribution in [0.5, 0.6) is 11.5 Å². The molecule has 2 aliphatic carbocycles. The second kappa shape index (κ2) is 7.79. The zero-order valence-corrected chi connectivity index (χ0v) is 15.9. The second-order valence-corrected chi connectivity index (χ2v) is 8.93. The summed E-state index contributed by atoms with van der Waals surface area (Å²) in [6, 6.07) is 6.22. The van der Waals surface area contributed by atoms with Gasteiger partial charge in [-0.05, 0) is 61.5 Å². The van der Waals surface area contributed by atoms with Crippen LogP contribution in [0.3, 0.4) is 0 Å². The Hall–Kier alpha value is -0.870. The fourth-order valence-electron chi connectivity index (χ4n) is 5.27. The molecule has 1 N–H and O–H groups in total. The Balaban J connectivity index is 1.34. The molecule has 2 saturated carbocycles. The monoisotopic (exact) mass is 362 g/mol. The minimum Gasteiger partial charge on any atom is -0.493 e. The van der Waals surface area contributed by atoms with Gasteiger partial charge in [0.25, 0.3) is 0 Å². The summed E-state index contributed by atoms with van der Waals surface area (Å²) < 4.78 is 21.0. The van der Waals surface area contributed by atoms with Crippen molar-refractivity contribution < 1.29 is 14.0 Å². The van der Waals surface area contributed by atoms with E-state index in [1.54, 1.807) is 0 Å². The Bertz CT molecular complexity index is 577. The van der Waals surface area contributed by atoms with E-state index in [0.717, 1.165) is 30.1 Å². The Labute approximate surface area is 155 Å². The molecule has 1 aliphatic heterocycles. The molecule has 3 aliphatic rings. The lowest BCUT2D eigenvalue weighted by atomic mass is 9.63.